The van der Waals surface area contributed by atoms with Crippen molar-refractivity contribution in [3.8, 4) is 5.75 Å². The van der Waals surface area contributed by atoms with Crippen molar-refractivity contribution in [3.05, 3.63) is 65.0 Å². The van der Waals surface area contributed by atoms with Gasteiger partial charge in [-0.1, -0.05) is 24.6 Å². The fraction of sp³-hybridized carbons (Fsp3) is 0.350. The number of aromatic hydroxyl groups is 1. The van der Waals surface area contributed by atoms with Crippen LogP contribution in [0.2, 0.25) is 0 Å². The van der Waals surface area contributed by atoms with E-state index in [2.05, 4.69) is 43.0 Å². The molecule has 120 valence electrons. The predicted octanol–water partition coefficient (Wildman–Crippen LogP) is 3.85. The van der Waals surface area contributed by atoms with Crippen LogP contribution in [0.3, 0.4) is 0 Å². The average molecular weight is 308 g/mol. The highest BCUT2D eigenvalue weighted by Crippen LogP contribution is 2.43. The molecule has 1 aromatic heterocycles. The van der Waals surface area contributed by atoms with Crippen molar-refractivity contribution >= 4 is 5.57 Å². The Morgan fingerprint density at radius 2 is 2.04 bits per heavy atom. The Balaban J connectivity index is 2.00. The van der Waals surface area contributed by atoms with E-state index in [4.69, 9.17) is 0 Å². The molecule has 1 N–H and O–H groups in total. The zero-order valence-electron chi connectivity index (χ0n) is 14.1. The number of allylic oxidation sites excluding steroid dienone is 1. The van der Waals surface area contributed by atoms with Crippen molar-refractivity contribution in [3.63, 3.8) is 0 Å². The lowest BCUT2D eigenvalue weighted by Gasteiger charge is -2.18. The van der Waals surface area contributed by atoms with E-state index in [0.717, 1.165) is 25.1 Å². The van der Waals surface area contributed by atoms with Crippen LogP contribution in [0.5, 0.6) is 5.75 Å². The standard InChI is InChI=1S/C20H24N2O/c1-14(19-6-4-5-10-21-19)20-15(9-11-22(2)3)12-16-13-17(23)7-8-18(16)20/h4-8,10,13-14,23H,9,11-12H2,1-3H3/t14-/m0/s1. The predicted molar refractivity (Wildman–Crippen MR) is 94.6 cm³/mol. The Hall–Kier alpha value is -2.13. The van der Waals surface area contributed by atoms with Gasteiger partial charge in [0.05, 0.1) is 0 Å². The molecule has 0 spiro atoms. The maximum atomic E-state index is 9.80. The monoisotopic (exact) mass is 308 g/mol. The van der Waals surface area contributed by atoms with Crippen LogP contribution in [-0.2, 0) is 6.42 Å². The van der Waals surface area contributed by atoms with Gasteiger partial charge < -0.3 is 10.0 Å². The molecule has 1 aliphatic carbocycles. The number of hydrogen-bond acceptors (Lipinski definition) is 3. The molecule has 2 aromatic rings. The molecule has 0 bridgehead atoms. The van der Waals surface area contributed by atoms with Crippen LogP contribution in [-0.4, -0.2) is 35.6 Å². The largest absolute Gasteiger partial charge is 0.508 e. The van der Waals surface area contributed by atoms with Crippen molar-refractivity contribution in [2.24, 2.45) is 0 Å². The summed E-state index contributed by atoms with van der Waals surface area (Å²) in [6.45, 7) is 3.27. The highest BCUT2D eigenvalue weighted by Gasteiger charge is 2.26. The number of phenolic OH excluding ortho intramolecular Hbond substituents is 1. The molecule has 0 unspecified atom stereocenters. The minimum Gasteiger partial charge on any atom is -0.508 e. The fourth-order valence-corrected chi connectivity index (χ4v) is 3.41. The molecule has 1 aliphatic rings. The Morgan fingerprint density at radius 3 is 2.74 bits per heavy atom. The molecule has 0 amide bonds. The van der Waals surface area contributed by atoms with Crippen LogP contribution in [0.1, 0.15) is 36.1 Å². The third-order valence-electron chi connectivity index (χ3n) is 4.59. The summed E-state index contributed by atoms with van der Waals surface area (Å²) in [4.78, 5) is 6.77. The highest BCUT2D eigenvalue weighted by atomic mass is 16.3. The highest BCUT2D eigenvalue weighted by molar-refractivity contribution is 5.80. The number of pyridine rings is 1. The minimum absolute atomic E-state index is 0.263. The number of rotatable bonds is 5. The number of nitrogens with zero attached hydrogens (tertiary/aromatic N) is 2. The van der Waals surface area contributed by atoms with E-state index in [0.29, 0.717) is 5.75 Å². The third-order valence-corrected chi connectivity index (χ3v) is 4.59. The molecule has 3 heteroatoms. The van der Waals surface area contributed by atoms with Gasteiger partial charge in [-0.25, -0.2) is 0 Å². The first-order valence-corrected chi connectivity index (χ1v) is 8.16. The molecule has 3 rings (SSSR count). The van der Waals surface area contributed by atoms with Crippen LogP contribution >= 0.6 is 0 Å². The van der Waals surface area contributed by atoms with Gasteiger partial charge in [-0.2, -0.15) is 0 Å². The minimum atomic E-state index is 0.263. The van der Waals surface area contributed by atoms with E-state index >= 15 is 0 Å². The Kier molecular flexibility index (Phi) is 4.49. The van der Waals surface area contributed by atoms with Crippen molar-refractivity contribution in [1.29, 1.82) is 0 Å². The second-order valence-electron chi connectivity index (χ2n) is 6.57. The molecule has 0 saturated carbocycles. The second-order valence-corrected chi connectivity index (χ2v) is 6.57. The summed E-state index contributed by atoms with van der Waals surface area (Å²) >= 11 is 0. The van der Waals surface area contributed by atoms with Gasteiger partial charge in [-0.05, 0) is 67.9 Å². The summed E-state index contributed by atoms with van der Waals surface area (Å²) < 4.78 is 0. The van der Waals surface area contributed by atoms with E-state index < -0.39 is 0 Å². The Labute approximate surface area is 138 Å². The van der Waals surface area contributed by atoms with E-state index in [1.54, 1.807) is 6.07 Å². The normalized spacial score (nSPS) is 15.1. The van der Waals surface area contributed by atoms with Crippen LogP contribution in [0.4, 0.5) is 0 Å². The topological polar surface area (TPSA) is 36.4 Å². The van der Waals surface area contributed by atoms with E-state index in [1.165, 1.54) is 22.3 Å². The van der Waals surface area contributed by atoms with Gasteiger partial charge >= 0.3 is 0 Å². The van der Waals surface area contributed by atoms with Gasteiger partial charge in [0.15, 0.2) is 0 Å². The molecule has 23 heavy (non-hydrogen) atoms. The quantitative estimate of drug-likeness (QED) is 0.911. The molecule has 1 aromatic carbocycles. The Morgan fingerprint density at radius 1 is 1.22 bits per heavy atom. The lowest BCUT2D eigenvalue weighted by Crippen LogP contribution is -2.14. The summed E-state index contributed by atoms with van der Waals surface area (Å²) in [5.41, 5.74) is 6.47. The molecule has 0 radical (unpaired) electrons. The molecule has 0 saturated heterocycles. The van der Waals surface area contributed by atoms with Crippen LogP contribution < -0.4 is 0 Å². The Bertz CT molecular complexity index is 720. The molecule has 0 aliphatic heterocycles. The average Bonchev–Trinajstić information content (AvgIpc) is 2.90. The van der Waals surface area contributed by atoms with Gasteiger partial charge in [0.1, 0.15) is 5.75 Å². The number of benzene rings is 1. The van der Waals surface area contributed by atoms with Gasteiger partial charge in [0.25, 0.3) is 0 Å². The second kappa shape index (κ2) is 6.55. The maximum absolute atomic E-state index is 9.80. The molecule has 1 atom stereocenters. The smallest absolute Gasteiger partial charge is 0.115 e. The van der Waals surface area contributed by atoms with Crippen LogP contribution in [0.25, 0.3) is 5.57 Å². The molecule has 3 nitrogen and oxygen atoms in total. The molecular weight excluding hydrogens is 284 g/mol. The number of hydrogen-bond donors (Lipinski definition) is 1. The summed E-state index contributed by atoms with van der Waals surface area (Å²) in [6, 6.07) is 11.9. The first-order chi connectivity index (χ1) is 11.1. The summed E-state index contributed by atoms with van der Waals surface area (Å²) in [7, 11) is 4.21. The lowest BCUT2D eigenvalue weighted by molar-refractivity contribution is 0.412. The molecule has 0 fully saturated rings. The fourth-order valence-electron chi connectivity index (χ4n) is 3.41. The first-order valence-electron chi connectivity index (χ1n) is 8.16. The summed E-state index contributed by atoms with van der Waals surface area (Å²) in [5, 5.41) is 9.80. The van der Waals surface area contributed by atoms with E-state index in [-0.39, 0.29) is 5.92 Å². The summed E-state index contributed by atoms with van der Waals surface area (Å²) in [5.74, 6) is 0.613. The van der Waals surface area contributed by atoms with Crippen molar-refractivity contribution in [1.82, 2.24) is 9.88 Å². The van der Waals surface area contributed by atoms with Gasteiger partial charge in [0.2, 0.25) is 0 Å². The number of aromatic nitrogens is 1. The van der Waals surface area contributed by atoms with Crippen molar-refractivity contribution in [2.45, 2.75) is 25.7 Å². The van der Waals surface area contributed by atoms with Crippen LogP contribution in [0, 0.1) is 0 Å². The first kappa shape index (κ1) is 15.8. The van der Waals surface area contributed by atoms with Gasteiger partial charge in [0, 0.05) is 24.4 Å². The van der Waals surface area contributed by atoms with Gasteiger partial charge in [-0.3, -0.25) is 4.98 Å². The molecular formula is C20H24N2O. The third kappa shape index (κ3) is 3.30. The maximum Gasteiger partial charge on any atom is 0.115 e. The van der Waals surface area contributed by atoms with Crippen molar-refractivity contribution < 1.29 is 5.11 Å². The summed E-state index contributed by atoms with van der Waals surface area (Å²) in [6.07, 6.45) is 3.84. The zero-order chi connectivity index (χ0) is 16.4. The SMILES string of the molecule is C[C@H](C1=C(CCN(C)C)Cc2cc(O)ccc21)c1ccccn1. The number of fused-ring (bicyclic) bond motifs is 1. The van der Waals surface area contributed by atoms with E-state index in [1.807, 2.05) is 24.4 Å². The van der Waals surface area contributed by atoms with E-state index in [9.17, 15) is 5.11 Å². The van der Waals surface area contributed by atoms with Crippen LogP contribution in [0.15, 0.2) is 48.2 Å². The molecule has 1 heterocycles. The number of phenols is 1. The lowest BCUT2D eigenvalue weighted by atomic mass is 9.89. The van der Waals surface area contributed by atoms with Crippen molar-refractivity contribution in [2.75, 3.05) is 20.6 Å². The van der Waals surface area contributed by atoms with Gasteiger partial charge in [-0.15, -0.1) is 0 Å². The zero-order valence-corrected chi connectivity index (χ0v) is 14.1.